The molecule has 1 aromatic carbocycles. The maximum Gasteiger partial charge on any atom is 0.0903 e. The molecule has 14 heavy (non-hydrogen) atoms. The number of benzene rings is 1. The highest BCUT2D eigenvalue weighted by Gasteiger charge is 2.25. The largest absolute Gasteiger partial charge is 0.385 e. The van der Waals surface area contributed by atoms with Gasteiger partial charge in [0.2, 0.25) is 0 Å². The van der Waals surface area contributed by atoms with Gasteiger partial charge in [-0.05, 0) is 18.4 Å². The molecule has 0 spiro atoms. The first-order chi connectivity index (χ1) is 6.73. The molecule has 1 atom stereocenters. The maximum atomic E-state index is 10.3. The Morgan fingerprint density at radius 3 is 2.50 bits per heavy atom. The van der Waals surface area contributed by atoms with E-state index in [4.69, 9.17) is 6.42 Å². The Labute approximate surface area is 85.8 Å². The Balaban J connectivity index is 2.85. The summed E-state index contributed by atoms with van der Waals surface area (Å²) >= 11 is 0. The summed E-state index contributed by atoms with van der Waals surface area (Å²) in [4.78, 5) is 0. The van der Waals surface area contributed by atoms with Crippen LogP contribution in [0.5, 0.6) is 0 Å². The fraction of sp³-hybridized carbons (Fsp3) is 0.385. The average Bonchev–Trinajstić information content (AvgIpc) is 2.27. The van der Waals surface area contributed by atoms with Gasteiger partial charge in [-0.25, -0.2) is 0 Å². The quantitative estimate of drug-likeness (QED) is 0.720. The lowest BCUT2D eigenvalue weighted by Gasteiger charge is -2.26. The Morgan fingerprint density at radius 2 is 2.00 bits per heavy atom. The molecule has 1 rings (SSSR count). The standard InChI is InChI=1S/C13H16O/c1-3-5-11-13(14,4-2)12-9-7-6-8-10-12/h1,6-10,14H,4-5,11H2,2H3. The van der Waals surface area contributed by atoms with Crippen molar-refractivity contribution in [3.63, 3.8) is 0 Å². The number of hydrogen-bond donors (Lipinski definition) is 1. The Hall–Kier alpha value is -1.26. The molecule has 0 fully saturated rings. The van der Waals surface area contributed by atoms with Crippen molar-refractivity contribution in [2.75, 3.05) is 0 Å². The molecule has 0 saturated carbocycles. The van der Waals surface area contributed by atoms with Crippen LogP contribution in [0.3, 0.4) is 0 Å². The summed E-state index contributed by atoms with van der Waals surface area (Å²) in [6.45, 7) is 1.98. The Bertz CT molecular complexity index is 310. The van der Waals surface area contributed by atoms with E-state index in [1.54, 1.807) is 0 Å². The predicted molar refractivity (Wildman–Crippen MR) is 58.7 cm³/mol. The van der Waals surface area contributed by atoms with Crippen LogP contribution in [0, 0.1) is 12.3 Å². The number of aliphatic hydroxyl groups is 1. The summed E-state index contributed by atoms with van der Waals surface area (Å²) in [5.74, 6) is 2.57. The summed E-state index contributed by atoms with van der Waals surface area (Å²) in [6.07, 6.45) is 7.14. The summed E-state index contributed by atoms with van der Waals surface area (Å²) in [7, 11) is 0. The van der Waals surface area contributed by atoms with Gasteiger partial charge in [-0.15, -0.1) is 12.3 Å². The van der Waals surface area contributed by atoms with Crippen LogP contribution in [0.25, 0.3) is 0 Å². The molecule has 0 aliphatic heterocycles. The summed E-state index contributed by atoms with van der Waals surface area (Å²) in [5, 5.41) is 10.3. The minimum Gasteiger partial charge on any atom is -0.385 e. The van der Waals surface area contributed by atoms with E-state index in [1.807, 2.05) is 37.3 Å². The normalized spacial score (nSPS) is 14.4. The van der Waals surface area contributed by atoms with Crippen molar-refractivity contribution in [3.05, 3.63) is 35.9 Å². The summed E-state index contributed by atoms with van der Waals surface area (Å²) in [5.41, 5.74) is 0.200. The highest BCUT2D eigenvalue weighted by atomic mass is 16.3. The van der Waals surface area contributed by atoms with Crippen molar-refractivity contribution in [3.8, 4) is 12.3 Å². The van der Waals surface area contributed by atoms with E-state index in [1.165, 1.54) is 0 Å². The Kier molecular flexibility index (Phi) is 3.73. The van der Waals surface area contributed by atoms with Crippen molar-refractivity contribution in [2.45, 2.75) is 31.8 Å². The van der Waals surface area contributed by atoms with Crippen LogP contribution in [0.15, 0.2) is 30.3 Å². The van der Waals surface area contributed by atoms with E-state index in [0.717, 1.165) is 5.56 Å². The molecule has 0 aliphatic rings. The van der Waals surface area contributed by atoms with Gasteiger partial charge in [-0.1, -0.05) is 37.3 Å². The first kappa shape index (κ1) is 10.8. The summed E-state index contributed by atoms with van der Waals surface area (Å²) < 4.78 is 0. The molecule has 0 heterocycles. The zero-order chi connectivity index (χ0) is 10.4. The van der Waals surface area contributed by atoms with E-state index in [2.05, 4.69) is 5.92 Å². The fourth-order valence-corrected chi connectivity index (χ4v) is 1.55. The van der Waals surface area contributed by atoms with Gasteiger partial charge in [0.25, 0.3) is 0 Å². The first-order valence-electron chi connectivity index (χ1n) is 4.94. The van der Waals surface area contributed by atoms with Gasteiger partial charge >= 0.3 is 0 Å². The van der Waals surface area contributed by atoms with Crippen molar-refractivity contribution >= 4 is 0 Å². The zero-order valence-electron chi connectivity index (χ0n) is 8.53. The highest BCUT2D eigenvalue weighted by Crippen LogP contribution is 2.29. The second-order valence-corrected chi connectivity index (χ2v) is 3.46. The minimum atomic E-state index is -0.756. The molecule has 1 nitrogen and oxygen atoms in total. The second kappa shape index (κ2) is 4.83. The zero-order valence-corrected chi connectivity index (χ0v) is 8.53. The third-order valence-corrected chi connectivity index (χ3v) is 2.58. The van der Waals surface area contributed by atoms with Gasteiger partial charge in [0.1, 0.15) is 0 Å². The first-order valence-corrected chi connectivity index (χ1v) is 4.94. The average molecular weight is 188 g/mol. The van der Waals surface area contributed by atoms with Crippen LogP contribution >= 0.6 is 0 Å². The van der Waals surface area contributed by atoms with Gasteiger partial charge in [-0.3, -0.25) is 0 Å². The lowest BCUT2D eigenvalue weighted by molar-refractivity contribution is 0.0249. The van der Waals surface area contributed by atoms with Crippen LogP contribution in [0.4, 0.5) is 0 Å². The SMILES string of the molecule is C#CCCC(O)(CC)c1ccccc1. The monoisotopic (exact) mass is 188 g/mol. The smallest absolute Gasteiger partial charge is 0.0903 e. The van der Waals surface area contributed by atoms with E-state index in [-0.39, 0.29) is 0 Å². The molecule has 74 valence electrons. The van der Waals surface area contributed by atoms with Gasteiger partial charge in [0.15, 0.2) is 0 Å². The van der Waals surface area contributed by atoms with Crippen molar-refractivity contribution in [1.29, 1.82) is 0 Å². The van der Waals surface area contributed by atoms with Gasteiger partial charge in [-0.2, -0.15) is 0 Å². The number of rotatable bonds is 4. The maximum absolute atomic E-state index is 10.3. The van der Waals surface area contributed by atoms with Crippen LogP contribution in [-0.2, 0) is 5.60 Å². The molecule has 1 unspecified atom stereocenters. The van der Waals surface area contributed by atoms with Gasteiger partial charge < -0.3 is 5.11 Å². The van der Waals surface area contributed by atoms with Gasteiger partial charge in [0.05, 0.1) is 5.60 Å². The topological polar surface area (TPSA) is 20.2 Å². The molecule has 0 amide bonds. The molecule has 0 saturated heterocycles. The van der Waals surface area contributed by atoms with E-state index in [9.17, 15) is 5.11 Å². The predicted octanol–water partition coefficient (Wildman–Crippen LogP) is 2.70. The number of terminal acetylenes is 1. The van der Waals surface area contributed by atoms with Crippen molar-refractivity contribution < 1.29 is 5.11 Å². The van der Waals surface area contributed by atoms with Crippen LogP contribution in [0.1, 0.15) is 31.7 Å². The third kappa shape index (κ3) is 2.37. The summed E-state index contributed by atoms with van der Waals surface area (Å²) in [6, 6.07) is 9.71. The fourth-order valence-electron chi connectivity index (χ4n) is 1.55. The molecule has 1 heteroatoms. The van der Waals surface area contributed by atoms with Gasteiger partial charge in [0, 0.05) is 6.42 Å². The van der Waals surface area contributed by atoms with Crippen molar-refractivity contribution in [2.24, 2.45) is 0 Å². The van der Waals surface area contributed by atoms with Crippen LogP contribution in [0.2, 0.25) is 0 Å². The molecule has 0 radical (unpaired) electrons. The van der Waals surface area contributed by atoms with Crippen LogP contribution in [-0.4, -0.2) is 5.11 Å². The van der Waals surface area contributed by atoms with E-state index < -0.39 is 5.60 Å². The Morgan fingerprint density at radius 1 is 1.36 bits per heavy atom. The minimum absolute atomic E-state index is 0.610. The van der Waals surface area contributed by atoms with Crippen molar-refractivity contribution in [1.82, 2.24) is 0 Å². The lowest BCUT2D eigenvalue weighted by Crippen LogP contribution is -2.24. The molecule has 1 N–H and O–H groups in total. The molecule has 0 aromatic heterocycles. The third-order valence-electron chi connectivity index (χ3n) is 2.58. The molecule has 0 bridgehead atoms. The molecule has 0 aliphatic carbocycles. The van der Waals surface area contributed by atoms with Crippen LogP contribution < -0.4 is 0 Å². The highest BCUT2D eigenvalue weighted by molar-refractivity contribution is 5.22. The molecule has 1 aromatic rings. The van der Waals surface area contributed by atoms with E-state index >= 15 is 0 Å². The molecular weight excluding hydrogens is 172 g/mol. The second-order valence-electron chi connectivity index (χ2n) is 3.46. The lowest BCUT2D eigenvalue weighted by atomic mass is 9.87. The van der Waals surface area contributed by atoms with E-state index in [0.29, 0.717) is 19.3 Å². The number of hydrogen-bond acceptors (Lipinski definition) is 1. The molecular formula is C13H16O.